The first-order valence-electron chi connectivity index (χ1n) is 8.93. The molecule has 0 aliphatic carbocycles. The lowest BCUT2D eigenvalue weighted by molar-refractivity contribution is -0.121. The number of aromatic nitrogens is 3. The lowest BCUT2D eigenvalue weighted by atomic mass is 10.1. The zero-order chi connectivity index (χ0) is 18.6. The average molecular weight is 365 g/mol. The molecular weight excluding hydrogens is 345 g/mol. The minimum Gasteiger partial charge on any atom is -0.360 e. The number of aromatic amines is 1. The highest BCUT2D eigenvalue weighted by Crippen LogP contribution is 2.20. The van der Waals surface area contributed by atoms with Gasteiger partial charge in [0.2, 0.25) is 11.9 Å². The molecule has 1 amide bonds. The number of hydrogen-bond donors (Lipinski definition) is 2. The second-order valence-electron chi connectivity index (χ2n) is 6.59. The lowest BCUT2D eigenvalue weighted by Crippen LogP contribution is -2.38. The van der Waals surface area contributed by atoms with Crippen molar-refractivity contribution in [2.24, 2.45) is 0 Å². The molecule has 2 N–H and O–H groups in total. The Labute approximate surface area is 156 Å². The van der Waals surface area contributed by atoms with Crippen LogP contribution in [0.3, 0.4) is 0 Å². The van der Waals surface area contributed by atoms with E-state index >= 15 is 0 Å². The third kappa shape index (κ3) is 3.97. The summed E-state index contributed by atoms with van der Waals surface area (Å²) in [5, 5.41) is 2.99. The van der Waals surface area contributed by atoms with Crippen LogP contribution in [0.4, 0.5) is 10.3 Å². The third-order valence-corrected chi connectivity index (χ3v) is 4.66. The zero-order valence-electron chi connectivity index (χ0n) is 14.7. The lowest BCUT2D eigenvalue weighted by Gasteiger charge is -2.17. The molecule has 0 radical (unpaired) electrons. The summed E-state index contributed by atoms with van der Waals surface area (Å²) >= 11 is 0. The molecule has 0 spiro atoms. The highest BCUT2D eigenvalue weighted by atomic mass is 19.1. The number of halogens is 1. The van der Waals surface area contributed by atoms with Crippen LogP contribution in [0.1, 0.15) is 12.0 Å². The fourth-order valence-electron chi connectivity index (χ4n) is 3.29. The Balaban J connectivity index is 1.37. The number of H-pyrrole nitrogens is 1. The molecule has 1 saturated heterocycles. The standard InChI is InChI=1S/C20H20FN5O/c21-16-5-2-1-4-14(16)12-19(27)24-15-8-11-26(13-15)20-23-10-7-18(25-20)17-6-3-9-22-17/h1-7,9-10,15,22H,8,11-13H2,(H,24,27). The van der Waals surface area contributed by atoms with Gasteiger partial charge in [0.05, 0.1) is 17.8 Å². The number of carbonyl (C=O) groups excluding carboxylic acids is 1. The molecule has 138 valence electrons. The predicted molar refractivity (Wildman–Crippen MR) is 101 cm³/mol. The highest BCUT2D eigenvalue weighted by Gasteiger charge is 2.26. The van der Waals surface area contributed by atoms with Gasteiger partial charge in [-0.05, 0) is 36.2 Å². The minimum atomic E-state index is -0.352. The molecule has 1 fully saturated rings. The molecule has 3 heterocycles. The number of nitrogens with one attached hydrogen (secondary N) is 2. The maximum atomic E-state index is 13.7. The Morgan fingerprint density at radius 2 is 2.15 bits per heavy atom. The van der Waals surface area contributed by atoms with E-state index in [1.165, 1.54) is 6.07 Å². The summed E-state index contributed by atoms with van der Waals surface area (Å²) in [6.45, 7) is 1.40. The Bertz CT molecular complexity index is 928. The number of amides is 1. The van der Waals surface area contributed by atoms with E-state index in [1.807, 2.05) is 24.4 Å². The van der Waals surface area contributed by atoms with Gasteiger partial charge >= 0.3 is 0 Å². The van der Waals surface area contributed by atoms with Crippen LogP contribution < -0.4 is 10.2 Å². The van der Waals surface area contributed by atoms with Gasteiger partial charge in [0.15, 0.2) is 0 Å². The highest BCUT2D eigenvalue weighted by molar-refractivity contribution is 5.79. The van der Waals surface area contributed by atoms with Crippen molar-refractivity contribution in [2.45, 2.75) is 18.9 Å². The first-order chi connectivity index (χ1) is 13.2. The van der Waals surface area contributed by atoms with Gasteiger partial charge in [0.25, 0.3) is 0 Å². The maximum Gasteiger partial charge on any atom is 0.225 e. The summed E-state index contributed by atoms with van der Waals surface area (Å²) in [7, 11) is 0. The quantitative estimate of drug-likeness (QED) is 0.729. The van der Waals surface area contributed by atoms with Crippen LogP contribution in [0, 0.1) is 5.82 Å². The Hall–Kier alpha value is -3.22. The molecule has 1 aliphatic rings. The molecule has 6 nitrogen and oxygen atoms in total. The summed E-state index contributed by atoms with van der Waals surface area (Å²) in [4.78, 5) is 26.4. The molecule has 2 aromatic heterocycles. The molecule has 7 heteroatoms. The fourth-order valence-corrected chi connectivity index (χ4v) is 3.29. The molecule has 3 aromatic rings. The zero-order valence-corrected chi connectivity index (χ0v) is 14.7. The number of anilines is 1. The van der Waals surface area contributed by atoms with Crippen LogP contribution in [-0.4, -0.2) is 40.0 Å². The molecule has 0 saturated carbocycles. The molecule has 1 aromatic carbocycles. The largest absolute Gasteiger partial charge is 0.360 e. The van der Waals surface area contributed by atoms with Gasteiger partial charge in [-0.25, -0.2) is 14.4 Å². The molecule has 0 bridgehead atoms. The molecular formula is C20H20FN5O. The number of carbonyl (C=O) groups is 1. The van der Waals surface area contributed by atoms with Gasteiger partial charge in [-0.3, -0.25) is 4.79 Å². The van der Waals surface area contributed by atoms with E-state index in [-0.39, 0.29) is 24.2 Å². The Kier molecular flexibility index (Phi) is 4.82. The van der Waals surface area contributed by atoms with Crippen molar-refractivity contribution in [1.82, 2.24) is 20.3 Å². The molecule has 1 aliphatic heterocycles. The number of hydrogen-bond acceptors (Lipinski definition) is 4. The average Bonchev–Trinajstić information content (AvgIpc) is 3.36. The summed E-state index contributed by atoms with van der Waals surface area (Å²) in [5.41, 5.74) is 2.18. The summed E-state index contributed by atoms with van der Waals surface area (Å²) in [6.07, 6.45) is 4.44. The van der Waals surface area contributed by atoms with Crippen molar-refractivity contribution in [1.29, 1.82) is 0 Å². The summed E-state index contributed by atoms with van der Waals surface area (Å²) in [5.74, 6) is 0.121. The van der Waals surface area contributed by atoms with E-state index in [2.05, 4.69) is 25.2 Å². The third-order valence-electron chi connectivity index (χ3n) is 4.66. The second kappa shape index (κ2) is 7.57. The van der Waals surface area contributed by atoms with Gasteiger partial charge in [0.1, 0.15) is 5.82 Å². The van der Waals surface area contributed by atoms with Crippen LogP contribution in [0.5, 0.6) is 0 Å². The van der Waals surface area contributed by atoms with Crippen molar-refractivity contribution >= 4 is 11.9 Å². The van der Waals surface area contributed by atoms with Gasteiger partial charge in [-0.2, -0.15) is 0 Å². The maximum absolute atomic E-state index is 13.7. The molecule has 4 rings (SSSR count). The van der Waals surface area contributed by atoms with Gasteiger partial charge in [0, 0.05) is 31.5 Å². The van der Waals surface area contributed by atoms with Gasteiger partial charge < -0.3 is 15.2 Å². The Morgan fingerprint density at radius 3 is 2.96 bits per heavy atom. The predicted octanol–water partition coefficient (Wildman–Crippen LogP) is 2.55. The van der Waals surface area contributed by atoms with Crippen LogP contribution in [-0.2, 0) is 11.2 Å². The molecule has 1 unspecified atom stereocenters. The van der Waals surface area contributed by atoms with Crippen LogP contribution in [0.2, 0.25) is 0 Å². The number of nitrogens with zero attached hydrogens (tertiary/aromatic N) is 3. The number of benzene rings is 1. The van der Waals surface area contributed by atoms with Crippen molar-refractivity contribution in [3.8, 4) is 11.4 Å². The van der Waals surface area contributed by atoms with Gasteiger partial charge in [-0.15, -0.1) is 0 Å². The van der Waals surface area contributed by atoms with Crippen molar-refractivity contribution in [3.63, 3.8) is 0 Å². The molecule has 1 atom stereocenters. The smallest absolute Gasteiger partial charge is 0.225 e. The fraction of sp³-hybridized carbons (Fsp3) is 0.250. The van der Waals surface area contributed by atoms with E-state index in [0.29, 0.717) is 18.1 Å². The topological polar surface area (TPSA) is 73.9 Å². The summed E-state index contributed by atoms with van der Waals surface area (Å²) in [6, 6.07) is 12.1. The summed E-state index contributed by atoms with van der Waals surface area (Å²) < 4.78 is 13.7. The minimum absolute atomic E-state index is 0.00187. The normalized spacial score (nSPS) is 16.5. The van der Waals surface area contributed by atoms with E-state index in [4.69, 9.17) is 0 Å². The Morgan fingerprint density at radius 1 is 1.26 bits per heavy atom. The van der Waals surface area contributed by atoms with Crippen LogP contribution in [0.15, 0.2) is 54.9 Å². The number of rotatable bonds is 5. The SMILES string of the molecule is O=C(Cc1ccccc1F)NC1CCN(c2nccc(-c3ccc[nH]3)n2)C1. The molecule has 27 heavy (non-hydrogen) atoms. The van der Waals surface area contributed by atoms with Crippen molar-refractivity contribution < 1.29 is 9.18 Å². The van der Waals surface area contributed by atoms with E-state index in [1.54, 1.807) is 24.4 Å². The van der Waals surface area contributed by atoms with Crippen molar-refractivity contribution in [3.05, 3.63) is 66.2 Å². The first kappa shape index (κ1) is 17.2. The van der Waals surface area contributed by atoms with E-state index in [0.717, 1.165) is 24.4 Å². The first-order valence-corrected chi connectivity index (χ1v) is 8.93. The van der Waals surface area contributed by atoms with Gasteiger partial charge in [-0.1, -0.05) is 18.2 Å². The van der Waals surface area contributed by atoms with E-state index < -0.39 is 0 Å². The van der Waals surface area contributed by atoms with Crippen LogP contribution >= 0.6 is 0 Å². The van der Waals surface area contributed by atoms with E-state index in [9.17, 15) is 9.18 Å². The van der Waals surface area contributed by atoms with Crippen molar-refractivity contribution in [2.75, 3.05) is 18.0 Å². The second-order valence-corrected chi connectivity index (χ2v) is 6.59. The van der Waals surface area contributed by atoms with Crippen LogP contribution in [0.25, 0.3) is 11.4 Å². The monoisotopic (exact) mass is 365 g/mol.